The Hall–Kier alpha value is -1.46. The van der Waals surface area contributed by atoms with Crippen LogP contribution >= 0.6 is 25.3 Å². The smallest absolute Gasteiger partial charge is 0.327 e. The van der Waals surface area contributed by atoms with Gasteiger partial charge in [-0.3, -0.25) is 14.4 Å². The van der Waals surface area contributed by atoms with Crippen LogP contribution in [0.4, 0.5) is 0 Å². The number of thiol groups is 2. The third-order valence-corrected chi connectivity index (χ3v) is 4.63. The molecule has 0 aromatic rings. The van der Waals surface area contributed by atoms with Crippen LogP contribution in [0.1, 0.15) is 27.2 Å². The second kappa shape index (κ2) is 12.0. The molecule has 0 aliphatic rings. The fourth-order valence-corrected chi connectivity index (χ4v) is 2.31. The number of aliphatic carboxylic acids is 1. The lowest BCUT2D eigenvalue weighted by atomic mass is 9.97. The molecule has 3 amide bonds. The minimum Gasteiger partial charge on any atom is -0.480 e. The van der Waals surface area contributed by atoms with E-state index in [0.29, 0.717) is 6.42 Å². The van der Waals surface area contributed by atoms with E-state index < -0.39 is 47.9 Å². The largest absolute Gasteiger partial charge is 0.480 e. The van der Waals surface area contributed by atoms with Crippen molar-refractivity contribution in [1.82, 2.24) is 16.0 Å². The van der Waals surface area contributed by atoms with E-state index in [9.17, 15) is 19.2 Å². The number of carboxylic acids is 1. The Labute approximate surface area is 164 Å². The molecule has 11 heteroatoms. The van der Waals surface area contributed by atoms with Gasteiger partial charge in [0.05, 0.1) is 6.04 Å². The number of amides is 3. The highest BCUT2D eigenvalue weighted by atomic mass is 32.1. The molecular weight excluding hydrogens is 380 g/mol. The van der Waals surface area contributed by atoms with Crippen LogP contribution in [0.2, 0.25) is 0 Å². The lowest BCUT2D eigenvalue weighted by Gasteiger charge is -2.26. The summed E-state index contributed by atoms with van der Waals surface area (Å²) in [7, 11) is 0. The SMILES string of the molecule is CC[C@H](C)[C@H](NC(=O)[C@H](C)NC(=O)[C@@H](N)CS)C(=O)N[C@@H](CS)C(=O)O. The second-order valence-corrected chi connectivity index (χ2v) is 6.70. The van der Waals surface area contributed by atoms with Gasteiger partial charge < -0.3 is 26.8 Å². The molecule has 26 heavy (non-hydrogen) atoms. The van der Waals surface area contributed by atoms with Gasteiger partial charge >= 0.3 is 5.97 Å². The van der Waals surface area contributed by atoms with Crippen LogP contribution in [0.25, 0.3) is 0 Å². The molecule has 0 spiro atoms. The van der Waals surface area contributed by atoms with Crippen molar-refractivity contribution in [3.63, 3.8) is 0 Å². The number of nitrogens with one attached hydrogen (secondary N) is 3. The van der Waals surface area contributed by atoms with E-state index in [0.717, 1.165) is 0 Å². The first-order valence-electron chi connectivity index (χ1n) is 8.20. The van der Waals surface area contributed by atoms with Crippen molar-refractivity contribution >= 4 is 48.9 Å². The van der Waals surface area contributed by atoms with Crippen molar-refractivity contribution < 1.29 is 24.3 Å². The molecule has 0 bridgehead atoms. The fraction of sp³-hybridized carbons (Fsp3) is 0.733. The number of hydrogen-bond donors (Lipinski definition) is 7. The number of rotatable bonds is 11. The maximum absolute atomic E-state index is 12.4. The molecule has 0 aromatic heterocycles. The van der Waals surface area contributed by atoms with E-state index in [-0.39, 0.29) is 17.4 Å². The van der Waals surface area contributed by atoms with Crippen molar-refractivity contribution in [2.45, 2.75) is 51.4 Å². The highest BCUT2D eigenvalue weighted by molar-refractivity contribution is 7.80. The van der Waals surface area contributed by atoms with Gasteiger partial charge in [-0.05, 0) is 12.8 Å². The van der Waals surface area contributed by atoms with Gasteiger partial charge in [-0.1, -0.05) is 20.3 Å². The summed E-state index contributed by atoms with van der Waals surface area (Å²) in [6.07, 6.45) is 0.572. The maximum Gasteiger partial charge on any atom is 0.327 e. The topological polar surface area (TPSA) is 151 Å². The Morgan fingerprint density at radius 3 is 1.96 bits per heavy atom. The summed E-state index contributed by atoms with van der Waals surface area (Å²) in [5, 5.41) is 16.4. The zero-order valence-electron chi connectivity index (χ0n) is 15.1. The van der Waals surface area contributed by atoms with Crippen molar-refractivity contribution in [2.75, 3.05) is 11.5 Å². The van der Waals surface area contributed by atoms with Gasteiger partial charge in [-0.15, -0.1) is 0 Å². The molecule has 0 aliphatic carbocycles. The number of hydrogen-bond acceptors (Lipinski definition) is 7. The minimum atomic E-state index is -1.22. The summed E-state index contributed by atoms with van der Waals surface area (Å²) in [5.74, 6) is -3.18. The maximum atomic E-state index is 12.4. The molecular formula is C15H28N4O5S2. The van der Waals surface area contributed by atoms with Crippen molar-refractivity contribution in [2.24, 2.45) is 11.7 Å². The molecule has 9 nitrogen and oxygen atoms in total. The molecule has 0 saturated heterocycles. The van der Waals surface area contributed by atoms with Gasteiger partial charge in [-0.25, -0.2) is 4.79 Å². The number of nitrogens with two attached hydrogens (primary N) is 1. The number of carbonyl (C=O) groups is 4. The highest BCUT2D eigenvalue weighted by Crippen LogP contribution is 2.09. The van der Waals surface area contributed by atoms with Gasteiger partial charge in [0.1, 0.15) is 18.1 Å². The molecule has 0 saturated carbocycles. The monoisotopic (exact) mass is 408 g/mol. The quantitative estimate of drug-likeness (QED) is 0.213. The summed E-state index contributed by atoms with van der Waals surface area (Å²) in [6, 6.07) is -3.89. The van der Waals surface area contributed by atoms with Crippen LogP contribution in [-0.4, -0.2) is 64.5 Å². The van der Waals surface area contributed by atoms with Gasteiger partial charge in [0.15, 0.2) is 0 Å². The Balaban J connectivity index is 5.04. The Morgan fingerprint density at radius 1 is 0.962 bits per heavy atom. The Bertz CT molecular complexity index is 520. The number of carboxylic acid groups (broad SMARTS) is 1. The second-order valence-electron chi connectivity index (χ2n) is 5.97. The fourth-order valence-electron chi connectivity index (χ4n) is 1.90. The van der Waals surface area contributed by atoms with E-state index in [1.54, 1.807) is 6.92 Å². The predicted octanol–water partition coefficient (Wildman–Crippen LogP) is -1.22. The molecule has 5 atom stereocenters. The molecule has 0 radical (unpaired) electrons. The van der Waals surface area contributed by atoms with E-state index in [4.69, 9.17) is 10.8 Å². The normalized spacial score (nSPS) is 16.5. The van der Waals surface area contributed by atoms with Gasteiger partial charge in [0.2, 0.25) is 17.7 Å². The first-order valence-corrected chi connectivity index (χ1v) is 9.46. The highest BCUT2D eigenvalue weighted by Gasteiger charge is 2.31. The lowest BCUT2D eigenvalue weighted by molar-refractivity contribution is -0.142. The summed E-state index contributed by atoms with van der Waals surface area (Å²) in [5.41, 5.74) is 5.54. The van der Waals surface area contributed by atoms with Crippen LogP contribution in [0, 0.1) is 5.92 Å². The zero-order valence-corrected chi connectivity index (χ0v) is 16.8. The van der Waals surface area contributed by atoms with Gasteiger partial charge in [-0.2, -0.15) is 25.3 Å². The van der Waals surface area contributed by atoms with E-state index in [1.165, 1.54) is 6.92 Å². The van der Waals surface area contributed by atoms with E-state index in [1.807, 2.05) is 6.92 Å². The molecule has 150 valence electrons. The Kier molecular flexibility index (Phi) is 11.3. The lowest BCUT2D eigenvalue weighted by Crippen LogP contribution is -2.58. The van der Waals surface area contributed by atoms with Crippen LogP contribution in [0.15, 0.2) is 0 Å². The van der Waals surface area contributed by atoms with E-state index >= 15 is 0 Å². The third kappa shape index (κ3) is 7.83. The first kappa shape index (κ1) is 24.5. The molecule has 0 heterocycles. The molecule has 6 N–H and O–H groups in total. The summed E-state index contributed by atoms with van der Waals surface area (Å²) >= 11 is 7.81. The molecule has 0 rings (SSSR count). The summed E-state index contributed by atoms with van der Waals surface area (Å²) in [6.45, 7) is 5.04. The predicted molar refractivity (Wildman–Crippen MR) is 104 cm³/mol. The molecule has 0 aliphatic heterocycles. The number of carbonyl (C=O) groups excluding carboxylic acids is 3. The minimum absolute atomic E-state index is 0.0870. The summed E-state index contributed by atoms with van der Waals surface area (Å²) in [4.78, 5) is 47.5. The van der Waals surface area contributed by atoms with Crippen LogP contribution < -0.4 is 21.7 Å². The van der Waals surface area contributed by atoms with Crippen molar-refractivity contribution in [3.8, 4) is 0 Å². The molecule has 0 aromatic carbocycles. The van der Waals surface area contributed by atoms with Gasteiger partial charge in [0.25, 0.3) is 0 Å². The third-order valence-electron chi connectivity index (χ3n) is 3.88. The zero-order chi connectivity index (χ0) is 20.4. The average Bonchev–Trinajstić information content (AvgIpc) is 2.61. The van der Waals surface area contributed by atoms with E-state index in [2.05, 4.69) is 41.2 Å². The van der Waals surface area contributed by atoms with Crippen molar-refractivity contribution in [3.05, 3.63) is 0 Å². The van der Waals surface area contributed by atoms with Crippen LogP contribution in [-0.2, 0) is 19.2 Å². The van der Waals surface area contributed by atoms with Crippen LogP contribution in [0.3, 0.4) is 0 Å². The van der Waals surface area contributed by atoms with Crippen molar-refractivity contribution in [1.29, 1.82) is 0 Å². The summed E-state index contributed by atoms with van der Waals surface area (Å²) < 4.78 is 0. The standard InChI is InChI=1S/C15H28N4O5S2/c1-4-7(2)11(14(22)18-10(6-26)15(23)24)19-12(20)8(3)17-13(21)9(16)5-25/h7-11,25-26H,4-6,16H2,1-3H3,(H,17,21)(H,18,22)(H,19,20)(H,23,24)/t7-,8-,9-,10-,11-/m0/s1. The molecule has 0 unspecified atom stereocenters. The molecule has 0 fully saturated rings. The van der Waals surface area contributed by atoms with Crippen LogP contribution in [0.5, 0.6) is 0 Å². The average molecular weight is 409 g/mol. The first-order chi connectivity index (χ1) is 12.1. The van der Waals surface area contributed by atoms with Gasteiger partial charge in [0, 0.05) is 11.5 Å². The Morgan fingerprint density at radius 2 is 1.54 bits per heavy atom.